The van der Waals surface area contributed by atoms with E-state index in [-0.39, 0.29) is 28.0 Å². The molecule has 6 nitrogen and oxygen atoms in total. The van der Waals surface area contributed by atoms with Crippen molar-refractivity contribution < 1.29 is 17.9 Å². The average Bonchev–Trinajstić information content (AvgIpc) is 2.69. The highest BCUT2D eigenvalue weighted by Gasteiger charge is 2.23. The Morgan fingerprint density at radius 1 is 0.968 bits per heavy atom. The summed E-state index contributed by atoms with van der Waals surface area (Å²) in [5.41, 5.74) is 4.70. The van der Waals surface area contributed by atoms with Gasteiger partial charge in [-0.25, -0.2) is 13.4 Å². The quantitative estimate of drug-likeness (QED) is 0.567. The monoisotopic (exact) mass is 438 g/mol. The van der Waals surface area contributed by atoms with Crippen molar-refractivity contribution in [2.45, 2.75) is 44.4 Å². The summed E-state index contributed by atoms with van der Waals surface area (Å²) in [5, 5.41) is 3.24. The summed E-state index contributed by atoms with van der Waals surface area (Å²) >= 11 is 0. The SMILES string of the molecule is CC(=O)COc1ccc(S(=O)(=O)c2ccc(C)nc2Nc2c(C)cc(C)cc2C)cc1. The first kappa shape index (κ1) is 22.5. The van der Waals surface area contributed by atoms with Crippen molar-refractivity contribution in [3.05, 3.63) is 70.9 Å². The van der Waals surface area contributed by atoms with E-state index in [1.807, 2.05) is 39.8 Å². The summed E-state index contributed by atoms with van der Waals surface area (Å²) in [7, 11) is -3.84. The van der Waals surface area contributed by atoms with E-state index in [1.165, 1.54) is 19.1 Å². The van der Waals surface area contributed by atoms with E-state index in [0.29, 0.717) is 11.4 Å². The van der Waals surface area contributed by atoms with Crippen molar-refractivity contribution >= 4 is 27.1 Å². The largest absolute Gasteiger partial charge is 0.486 e. The molecule has 0 unspecified atom stereocenters. The molecular formula is C24H26N2O4S. The first-order chi connectivity index (χ1) is 14.6. The summed E-state index contributed by atoms with van der Waals surface area (Å²) < 4.78 is 32.1. The molecule has 162 valence electrons. The zero-order chi connectivity index (χ0) is 22.8. The van der Waals surface area contributed by atoms with Gasteiger partial charge in [-0.05, 0) is 82.1 Å². The lowest BCUT2D eigenvalue weighted by Crippen LogP contribution is -2.10. The third-order valence-corrected chi connectivity index (χ3v) is 6.58. The molecule has 31 heavy (non-hydrogen) atoms. The second-order valence-corrected chi connectivity index (χ2v) is 9.58. The molecule has 0 aliphatic heterocycles. The molecule has 0 fully saturated rings. The van der Waals surface area contributed by atoms with Gasteiger partial charge in [0.05, 0.1) is 4.90 Å². The fourth-order valence-electron chi connectivity index (χ4n) is 3.37. The number of pyridine rings is 1. The molecule has 0 amide bonds. The Morgan fingerprint density at radius 2 is 1.58 bits per heavy atom. The Morgan fingerprint density at radius 3 is 2.16 bits per heavy atom. The van der Waals surface area contributed by atoms with Gasteiger partial charge in [0.1, 0.15) is 23.1 Å². The molecular weight excluding hydrogens is 412 g/mol. The van der Waals surface area contributed by atoms with Gasteiger partial charge in [-0.1, -0.05) is 17.7 Å². The van der Waals surface area contributed by atoms with Crippen molar-refractivity contribution in [1.29, 1.82) is 0 Å². The molecule has 2 aromatic carbocycles. The van der Waals surface area contributed by atoms with Crippen LogP contribution in [0.15, 0.2) is 58.3 Å². The number of aryl methyl sites for hydroxylation is 4. The van der Waals surface area contributed by atoms with Gasteiger partial charge < -0.3 is 10.1 Å². The van der Waals surface area contributed by atoms with Crippen molar-refractivity contribution in [1.82, 2.24) is 4.98 Å². The number of Topliss-reactive ketones (excluding diaryl/α,β-unsaturated/α-hetero) is 1. The number of aromatic nitrogens is 1. The number of ketones is 1. The lowest BCUT2D eigenvalue weighted by Gasteiger charge is -2.17. The minimum Gasteiger partial charge on any atom is -0.486 e. The number of nitrogens with one attached hydrogen (secondary N) is 1. The van der Waals surface area contributed by atoms with Gasteiger partial charge in [-0.15, -0.1) is 0 Å². The number of carbonyl (C=O) groups excluding carboxylic acids is 1. The van der Waals surface area contributed by atoms with Gasteiger partial charge in [0.2, 0.25) is 9.84 Å². The van der Waals surface area contributed by atoms with Gasteiger partial charge >= 0.3 is 0 Å². The molecule has 0 spiro atoms. The summed E-state index contributed by atoms with van der Waals surface area (Å²) in [5.74, 6) is 0.604. The van der Waals surface area contributed by atoms with Crippen LogP contribution >= 0.6 is 0 Å². The first-order valence-corrected chi connectivity index (χ1v) is 11.4. The molecule has 0 atom stereocenters. The molecule has 0 aliphatic rings. The van der Waals surface area contributed by atoms with E-state index in [1.54, 1.807) is 24.3 Å². The number of anilines is 2. The second-order valence-electron chi connectivity index (χ2n) is 7.66. The topological polar surface area (TPSA) is 85.4 Å². The van der Waals surface area contributed by atoms with Crippen molar-refractivity contribution in [2.75, 3.05) is 11.9 Å². The first-order valence-electron chi connectivity index (χ1n) is 9.88. The average molecular weight is 439 g/mol. The van der Waals surface area contributed by atoms with E-state index < -0.39 is 9.84 Å². The number of rotatable bonds is 7. The van der Waals surface area contributed by atoms with Crippen LogP contribution in [-0.2, 0) is 14.6 Å². The smallest absolute Gasteiger partial charge is 0.210 e. The van der Waals surface area contributed by atoms with Crippen LogP contribution in [0.25, 0.3) is 0 Å². The fourth-order valence-corrected chi connectivity index (χ4v) is 4.72. The molecule has 0 aliphatic carbocycles. The lowest BCUT2D eigenvalue weighted by molar-refractivity contribution is -0.118. The highest BCUT2D eigenvalue weighted by molar-refractivity contribution is 7.91. The number of hydrogen-bond acceptors (Lipinski definition) is 6. The Labute approximate surface area is 183 Å². The minimum absolute atomic E-state index is 0.0582. The Balaban J connectivity index is 2.00. The summed E-state index contributed by atoms with van der Waals surface area (Å²) in [4.78, 5) is 15.8. The van der Waals surface area contributed by atoms with Crippen molar-refractivity contribution in [3.8, 4) is 5.75 Å². The van der Waals surface area contributed by atoms with E-state index in [4.69, 9.17) is 4.74 Å². The van der Waals surface area contributed by atoms with Crippen LogP contribution < -0.4 is 10.1 Å². The van der Waals surface area contributed by atoms with Crippen LogP contribution in [0.3, 0.4) is 0 Å². The van der Waals surface area contributed by atoms with Crippen LogP contribution in [0.1, 0.15) is 29.3 Å². The van der Waals surface area contributed by atoms with Gasteiger partial charge in [-0.2, -0.15) is 0 Å². The molecule has 0 saturated carbocycles. The molecule has 3 rings (SSSR count). The molecule has 7 heteroatoms. The normalized spacial score (nSPS) is 11.3. The summed E-state index contributed by atoms with van der Waals surface area (Å²) in [6.07, 6.45) is 0. The number of hydrogen-bond donors (Lipinski definition) is 1. The van der Waals surface area contributed by atoms with Crippen LogP contribution in [-0.4, -0.2) is 25.8 Å². The fraction of sp³-hybridized carbons (Fsp3) is 0.250. The molecule has 0 bridgehead atoms. The lowest BCUT2D eigenvalue weighted by atomic mass is 10.1. The molecule has 1 N–H and O–H groups in total. The van der Waals surface area contributed by atoms with E-state index >= 15 is 0 Å². The van der Waals surface area contributed by atoms with Gasteiger partial charge in [0, 0.05) is 11.4 Å². The maximum Gasteiger partial charge on any atom is 0.210 e. The number of nitrogens with zero attached hydrogens (tertiary/aromatic N) is 1. The van der Waals surface area contributed by atoms with Crippen molar-refractivity contribution in [2.24, 2.45) is 0 Å². The van der Waals surface area contributed by atoms with E-state index in [2.05, 4.69) is 10.3 Å². The Bertz CT molecular complexity index is 1210. The number of carbonyl (C=O) groups is 1. The van der Waals surface area contributed by atoms with Crippen LogP contribution in [0.5, 0.6) is 5.75 Å². The predicted octanol–water partition coefficient (Wildman–Crippen LogP) is 4.86. The maximum absolute atomic E-state index is 13.4. The standard InChI is InChI=1S/C24H26N2O4S/c1-15-12-16(2)23(17(3)13-15)26-24-22(11-6-18(4)25-24)31(28,29)21-9-7-20(8-10-21)30-14-19(5)27/h6-13H,14H2,1-5H3,(H,25,26). The Hall–Kier alpha value is -3.19. The molecule has 0 radical (unpaired) electrons. The van der Waals surface area contributed by atoms with Crippen molar-refractivity contribution in [3.63, 3.8) is 0 Å². The van der Waals surface area contributed by atoms with Crippen LogP contribution in [0.4, 0.5) is 11.5 Å². The maximum atomic E-state index is 13.4. The summed E-state index contributed by atoms with van der Waals surface area (Å²) in [6.45, 7) is 9.16. The zero-order valence-electron chi connectivity index (χ0n) is 18.3. The van der Waals surface area contributed by atoms with Crippen LogP contribution in [0, 0.1) is 27.7 Å². The molecule has 0 saturated heterocycles. The predicted molar refractivity (Wildman–Crippen MR) is 121 cm³/mol. The van der Waals surface area contributed by atoms with E-state index in [0.717, 1.165) is 22.4 Å². The molecule has 1 heterocycles. The van der Waals surface area contributed by atoms with E-state index in [9.17, 15) is 13.2 Å². The third kappa shape index (κ3) is 5.11. The zero-order valence-corrected chi connectivity index (χ0v) is 19.1. The number of ether oxygens (including phenoxy) is 1. The van der Waals surface area contributed by atoms with Crippen LogP contribution in [0.2, 0.25) is 0 Å². The third-order valence-electron chi connectivity index (χ3n) is 4.78. The highest BCUT2D eigenvalue weighted by atomic mass is 32.2. The van der Waals surface area contributed by atoms with Gasteiger partial charge in [0.25, 0.3) is 0 Å². The number of sulfone groups is 1. The molecule has 3 aromatic rings. The number of benzene rings is 2. The second kappa shape index (κ2) is 8.89. The van der Waals surface area contributed by atoms with Gasteiger partial charge in [0.15, 0.2) is 5.78 Å². The highest BCUT2D eigenvalue weighted by Crippen LogP contribution is 2.32. The summed E-state index contributed by atoms with van der Waals surface area (Å²) in [6, 6.07) is 13.3. The molecule has 1 aromatic heterocycles. The minimum atomic E-state index is -3.84. The Kier molecular flexibility index (Phi) is 6.45. The van der Waals surface area contributed by atoms with Gasteiger partial charge in [-0.3, -0.25) is 4.79 Å².